The number of hydrogen-bond acceptors (Lipinski definition) is 3. The topological polar surface area (TPSA) is 52.2 Å². The van der Waals surface area contributed by atoms with E-state index in [4.69, 9.17) is 11.6 Å². The van der Waals surface area contributed by atoms with Crippen molar-refractivity contribution in [3.05, 3.63) is 40.9 Å². The average molecular weight is 291 g/mol. The molecule has 2 heterocycles. The van der Waals surface area contributed by atoms with Gasteiger partial charge in [0.1, 0.15) is 6.33 Å². The molecule has 0 aliphatic carbocycles. The number of nitrogens with zero attached hydrogens (tertiary/aromatic N) is 4. The molecule has 6 heteroatoms. The normalized spacial score (nSPS) is 11.4. The lowest BCUT2D eigenvalue weighted by molar-refractivity contribution is 0.611. The SMILES string of the molecule is O=c1c2ccccc2nc2n(CCCCCCl)cnn12. The Morgan fingerprint density at radius 3 is 2.85 bits per heavy atom. The van der Waals surface area contributed by atoms with Crippen LogP contribution in [-0.4, -0.2) is 25.0 Å². The Morgan fingerprint density at radius 1 is 1.15 bits per heavy atom. The number of para-hydroxylation sites is 1. The second-order valence-corrected chi connectivity index (χ2v) is 5.10. The van der Waals surface area contributed by atoms with Gasteiger partial charge in [0.05, 0.1) is 10.9 Å². The molecule has 20 heavy (non-hydrogen) atoms. The Bertz CT molecular complexity index is 793. The summed E-state index contributed by atoms with van der Waals surface area (Å²) in [7, 11) is 0. The summed E-state index contributed by atoms with van der Waals surface area (Å²) in [5.41, 5.74) is 0.588. The smallest absolute Gasteiger partial charge is 0.283 e. The number of aryl methyl sites for hydroxylation is 1. The van der Waals surface area contributed by atoms with Crippen molar-refractivity contribution in [2.75, 3.05) is 5.88 Å². The molecule has 0 radical (unpaired) electrons. The summed E-state index contributed by atoms with van der Waals surface area (Å²) in [6.07, 6.45) is 4.74. The van der Waals surface area contributed by atoms with Crippen molar-refractivity contribution in [2.45, 2.75) is 25.8 Å². The van der Waals surface area contributed by atoms with Gasteiger partial charge < -0.3 is 0 Å². The summed E-state index contributed by atoms with van der Waals surface area (Å²) in [6.45, 7) is 0.797. The predicted octanol–water partition coefficient (Wildman–Crippen LogP) is 2.45. The number of unbranched alkanes of at least 4 members (excludes halogenated alkanes) is 2. The van der Waals surface area contributed by atoms with Gasteiger partial charge in [-0.15, -0.1) is 11.6 Å². The van der Waals surface area contributed by atoms with Crippen LogP contribution in [0, 0.1) is 0 Å². The molecule has 0 bridgehead atoms. The minimum absolute atomic E-state index is 0.120. The van der Waals surface area contributed by atoms with E-state index in [-0.39, 0.29) is 5.56 Å². The van der Waals surface area contributed by atoms with Gasteiger partial charge in [-0.05, 0) is 25.0 Å². The van der Waals surface area contributed by atoms with Crippen molar-refractivity contribution in [1.29, 1.82) is 0 Å². The van der Waals surface area contributed by atoms with Crippen molar-refractivity contribution in [2.24, 2.45) is 0 Å². The summed E-state index contributed by atoms with van der Waals surface area (Å²) in [5.74, 6) is 1.28. The average Bonchev–Trinajstić information content (AvgIpc) is 2.87. The van der Waals surface area contributed by atoms with Crippen molar-refractivity contribution >= 4 is 28.3 Å². The summed E-state index contributed by atoms with van der Waals surface area (Å²) in [6, 6.07) is 7.34. The summed E-state index contributed by atoms with van der Waals surface area (Å²) in [4.78, 5) is 16.8. The third kappa shape index (κ3) is 2.29. The van der Waals surface area contributed by atoms with Crippen molar-refractivity contribution < 1.29 is 0 Å². The number of aromatic nitrogens is 4. The lowest BCUT2D eigenvalue weighted by Crippen LogP contribution is -2.16. The number of halogens is 1. The number of rotatable bonds is 5. The molecule has 5 nitrogen and oxygen atoms in total. The highest BCUT2D eigenvalue weighted by Crippen LogP contribution is 2.09. The van der Waals surface area contributed by atoms with Crippen LogP contribution in [0.5, 0.6) is 0 Å². The summed E-state index contributed by atoms with van der Waals surface area (Å²) >= 11 is 5.67. The molecule has 0 unspecified atom stereocenters. The fourth-order valence-corrected chi connectivity index (χ4v) is 2.47. The van der Waals surface area contributed by atoms with Crippen LogP contribution in [0.15, 0.2) is 35.4 Å². The first-order valence-electron chi connectivity index (χ1n) is 6.70. The molecule has 0 saturated heterocycles. The Hall–Kier alpha value is -1.88. The molecule has 0 N–H and O–H groups in total. The molecule has 0 atom stereocenters. The van der Waals surface area contributed by atoms with Gasteiger partial charge in [-0.2, -0.15) is 9.61 Å². The molecule has 1 aromatic carbocycles. The van der Waals surface area contributed by atoms with E-state index in [2.05, 4.69) is 10.1 Å². The van der Waals surface area contributed by atoms with E-state index in [1.165, 1.54) is 4.52 Å². The van der Waals surface area contributed by atoms with Gasteiger partial charge >= 0.3 is 0 Å². The Balaban J connectivity index is 2.01. The second kappa shape index (κ2) is 5.63. The van der Waals surface area contributed by atoms with Gasteiger partial charge in [0.25, 0.3) is 5.56 Å². The van der Waals surface area contributed by atoms with Crippen LogP contribution in [0.1, 0.15) is 19.3 Å². The minimum Gasteiger partial charge on any atom is -0.299 e. The molecular weight excluding hydrogens is 276 g/mol. The molecule has 2 aromatic heterocycles. The van der Waals surface area contributed by atoms with Crippen molar-refractivity contribution in [3.63, 3.8) is 0 Å². The molecular formula is C14H15ClN4O. The molecule has 0 amide bonds. The predicted molar refractivity (Wildman–Crippen MR) is 79.3 cm³/mol. The maximum absolute atomic E-state index is 12.3. The van der Waals surface area contributed by atoms with Crippen molar-refractivity contribution in [1.82, 2.24) is 19.2 Å². The van der Waals surface area contributed by atoms with Crippen LogP contribution in [0.3, 0.4) is 0 Å². The van der Waals surface area contributed by atoms with Gasteiger partial charge in [0.2, 0.25) is 5.78 Å². The summed E-state index contributed by atoms with van der Waals surface area (Å²) in [5, 5.41) is 4.74. The molecule has 3 rings (SSSR count). The number of alkyl halides is 1. The highest BCUT2D eigenvalue weighted by molar-refractivity contribution is 6.17. The van der Waals surface area contributed by atoms with E-state index in [9.17, 15) is 4.79 Å². The first-order valence-corrected chi connectivity index (χ1v) is 7.23. The molecule has 0 saturated carbocycles. The van der Waals surface area contributed by atoms with Gasteiger partial charge in [0.15, 0.2) is 0 Å². The molecule has 0 fully saturated rings. The van der Waals surface area contributed by atoms with E-state index in [0.717, 1.165) is 25.8 Å². The van der Waals surface area contributed by atoms with E-state index < -0.39 is 0 Å². The van der Waals surface area contributed by atoms with E-state index >= 15 is 0 Å². The van der Waals surface area contributed by atoms with Crippen LogP contribution >= 0.6 is 11.6 Å². The molecule has 3 aromatic rings. The summed E-state index contributed by atoms with van der Waals surface area (Å²) < 4.78 is 3.28. The third-order valence-electron chi connectivity index (χ3n) is 3.33. The highest BCUT2D eigenvalue weighted by Gasteiger charge is 2.09. The zero-order valence-electron chi connectivity index (χ0n) is 11.0. The van der Waals surface area contributed by atoms with E-state index in [0.29, 0.717) is 22.6 Å². The van der Waals surface area contributed by atoms with Gasteiger partial charge in [-0.25, -0.2) is 4.98 Å². The quantitative estimate of drug-likeness (QED) is 0.536. The molecule has 0 spiro atoms. The highest BCUT2D eigenvalue weighted by atomic mass is 35.5. The van der Waals surface area contributed by atoms with Crippen LogP contribution in [-0.2, 0) is 6.54 Å². The maximum Gasteiger partial charge on any atom is 0.283 e. The van der Waals surface area contributed by atoms with Crippen LogP contribution in [0.2, 0.25) is 0 Å². The van der Waals surface area contributed by atoms with Gasteiger partial charge in [-0.1, -0.05) is 18.6 Å². The maximum atomic E-state index is 12.3. The van der Waals surface area contributed by atoms with Crippen LogP contribution in [0.4, 0.5) is 0 Å². The fraction of sp³-hybridized carbons (Fsp3) is 0.357. The molecule has 104 valence electrons. The third-order valence-corrected chi connectivity index (χ3v) is 3.60. The lowest BCUT2D eigenvalue weighted by atomic mass is 10.2. The monoisotopic (exact) mass is 290 g/mol. The largest absolute Gasteiger partial charge is 0.299 e. The standard InChI is InChI=1S/C14H15ClN4O/c15-8-4-1-5-9-18-10-16-19-13(20)11-6-2-3-7-12(11)17-14(18)19/h2-3,6-7,10H,1,4-5,8-9H2. The zero-order valence-corrected chi connectivity index (χ0v) is 11.8. The van der Waals surface area contributed by atoms with E-state index in [1.54, 1.807) is 12.4 Å². The van der Waals surface area contributed by atoms with Crippen LogP contribution < -0.4 is 5.56 Å². The second-order valence-electron chi connectivity index (χ2n) is 4.72. The Labute approximate surface area is 120 Å². The number of fused-ring (bicyclic) bond motifs is 2. The van der Waals surface area contributed by atoms with Gasteiger partial charge in [0, 0.05) is 12.4 Å². The fourth-order valence-electron chi connectivity index (χ4n) is 2.28. The number of benzene rings is 1. The van der Waals surface area contributed by atoms with Gasteiger partial charge in [-0.3, -0.25) is 9.36 Å². The lowest BCUT2D eigenvalue weighted by Gasteiger charge is -2.03. The molecule has 0 aliphatic rings. The first-order chi connectivity index (χ1) is 9.81. The zero-order chi connectivity index (χ0) is 13.9. The first kappa shape index (κ1) is 13.1. The number of hydrogen-bond donors (Lipinski definition) is 0. The van der Waals surface area contributed by atoms with Crippen molar-refractivity contribution in [3.8, 4) is 0 Å². The Morgan fingerprint density at radius 2 is 2.00 bits per heavy atom. The minimum atomic E-state index is -0.120. The Kier molecular flexibility index (Phi) is 3.69. The van der Waals surface area contributed by atoms with E-state index in [1.807, 2.05) is 22.8 Å². The molecule has 0 aliphatic heterocycles. The van der Waals surface area contributed by atoms with Crippen LogP contribution in [0.25, 0.3) is 16.7 Å².